The molecule has 1 aromatic heterocycles. The van der Waals surface area contributed by atoms with Gasteiger partial charge in [0.1, 0.15) is 11.6 Å². The molecule has 0 bridgehead atoms. The summed E-state index contributed by atoms with van der Waals surface area (Å²) in [7, 11) is 0. The molecule has 1 aliphatic heterocycles. The zero-order valence-electron chi connectivity index (χ0n) is 12.5. The molecule has 1 aromatic rings. The number of carbonyl (C=O) groups is 2. The minimum absolute atomic E-state index is 0.0125. The Morgan fingerprint density at radius 2 is 1.95 bits per heavy atom. The Labute approximate surface area is 124 Å². The van der Waals surface area contributed by atoms with E-state index in [-0.39, 0.29) is 11.8 Å². The number of rotatable bonds is 4. The highest BCUT2D eigenvalue weighted by Gasteiger charge is 2.45. The summed E-state index contributed by atoms with van der Waals surface area (Å²) in [5.74, 6) is -0.0558. The molecule has 2 heterocycles. The maximum Gasteiger partial charge on any atom is 0.249 e. The lowest BCUT2D eigenvalue weighted by atomic mass is 9.92. The van der Waals surface area contributed by atoms with Crippen molar-refractivity contribution < 1.29 is 9.59 Å². The van der Waals surface area contributed by atoms with E-state index in [1.807, 2.05) is 6.92 Å². The number of hydrogen-bond donors (Lipinski definition) is 1. The highest BCUT2D eigenvalue weighted by Crippen LogP contribution is 2.25. The van der Waals surface area contributed by atoms with Crippen molar-refractivity contribution in [3.8, 4) is 0 Å². The average molecular weight is 294 g/mol. The van der Waals surface area contributed by atoms with Gasteiger partial charge in [-0.15, -0.1) is 11.3 Å². The maximum atomic E-state index is 12.6. The van der Waals surface area contributed by atoms with Crippen LogP contribution in [0.15, 0.2) is 12.1 Å². The summed E-state index contributed by atoms with van der Waals surface area (Å²) in [6, 6.07) is 3.74. The van der Waals surface area contributed by atoms with Crippen LogP contribution in [-0.2, 0) is 22.6 Å². The Morgan fingerprint density at radius 3 is 2.50 bits per heavy atom. The first-order valence-electron chi connectivity index (χ1n) is 7.12. The molecule has 5 heteroatoms. The lowest BCUT2D eigenvalue weighted by molar-refractivity contribution is -0.154. The van der Waals surface area contributed by atoms with E-state index >= 15 is 0 Å². The molecule has 2 atom stereocenters. The Balaban J connectivity index is 2.23. The fourth-order valence-corrected chi connectivity index (χ4v) is 3.33. The van der Waals surface area contributed by atoms with Crippen LogP contribution in [0.2, 0.25) is 0 Å². The topological polar surface area (TPSA) is 49.4 Å². The summed E-state index contributed by atoms with van der Waals surface area (Å²) >= 11 is 1.71. The molecule has 0 saturated carbocycles. The number of hydrogen-bond acceptors (Lipinski definition) is 3. The number of piperazine rings is 1. The predicted molar refractivity (Wildman–Crippen MR) is 80.5 cm³/mol. The monoisotopic (exact) mass is 294 g/mol. The van der Waals surface area contributed by atoms with Crippen LogP contribution in [-0.4, -0.2) is 28.3 Å². The molecule has 4 nitrogen and oxygen atoms in total. The quantitative estimate of drug-likeness (QED) is 0.926. The Kier molecular flexibility index (Phi) is 4.18. The highest BCUT2D eigenvalue weighted by molar-refractivity contribution is 7.11. The SMILES string of the molecule is CCc1ccc(CN2C(=O)C(C)(CC)NC(=O)C2C)s1. The van der Waals surface area contributed by atoms with E-state index in [4.69, 9.17) is 0 Å². The highest BCUT2D eigenvalue weighted by atomic mass is 32.1. The minimum Gasteiger partial charge on any atom is -0.340 e. The molecular formula is C15H22N2O2S. The molecule has 20 heavy (non-hydrogen) atoms. The van der Waals surface area contributed by atoms with Crippen LogP contribution < -0.4 is 5.32 Å². The van der Waals surface area contributed by atoms with Gasteiger partial charge in [-0.3, -0.25) is 9.59 Å². The number of thiophene rings is 1. The van der Waals surface area contributed by atoms with Crippen LogP contribution in [0.1, 0.15) is 43.9 Å². The number of carbonyl (C=O) groups excluding carboxylic acids is 2. The van der Waals surface area contributed by atoms with Crippen LogP contribution in [0.3, 0.4) is 0 Å². The number of amides is 2. The van der Waals surface area contributed by atoms with Gasteiger partial charge in [-0.05, 0) is 38.8 Å². The van der Waals surface area contributed by atoms with Crippen LogP contribution in [0, 0.1) is 0 Å². The molecule has 0 spiro atoms. The van der Waals surface area contributed by atoms with Crippen molar-refractivity contribution in [2.75, 3.05) is 0 Å². The molecule has 0 aliphatic carbocycles. The molecular weight excluding hydrogens is 272 g/mol. The first kappa shape index (κ1) is 15.0. The van der Waals surface area contributed by atoms with Gasteiger partial charge >= 0.3 is 0 Å². The van der Waals surface area contributed by atoms with Crippen molar-refractivity contribution in [1.82, 2.24) is 10.2 Å². The summed E-state index contributed by atoms with van der Waals surface area (Å²) in [5, 5.41) is 2.85. The Bertz CT molecular complexity index is 526. The van der Waals surface area contributed by atoms with Gasteiger partial charge in [0.2, 0.25) is 11.8 Å². The van der Waals surface area contributed by atoms with Gasteiger partial charge in [0.05, 0.1) is 6.54 Å². The maximum absolute atomic E-state index is 12.6. The standard InChI is InChI=1S/C15H22N2O2S/c1-5-11-7-8-12(20-11)9-17-10(3)13(18)16-15(4,6-2)14(17)19/h7-8,10H,5-6,9H2,1-4H3,(H,16,18). The van der Waals surface area contributed by atoms with Crippen LogP contribution in [0.4, 0.5) is 0 Å². The van der Waals surface area contributed by atoms with Crippen molar-refractivity contribution in [1.29, 1.82) is 0 Å². The molecule has 2 amide bonds. The third kappa shape index (κ3) is 2.59. The molecule has 0 aromatic carbocycles. The largest absolute Gasteiger partial charge is 0.340 e. The summed E-state index contributed by atoms with van der Waals surface area (Å²) in [6.07, 6.45) is 1.60. The van der Waals surface area contributed by atoms with Crippen LogP contribution in [0.25, 0.3) is 0 Å². The van der Waals surface area contributed by atoms with Gasteiger partial charge in [0.25, 0.3) is 0 Å². The molecule has 1 fully saturated rings. The lowest BCUT2D eigenvalue weighted by Gasteiger charge is -2.42. The third-order valence-corrected chi connectivity index (χ3v) is 5.29. The molecule has 1 aliphatic rings. The van der Waals surface area contributed by atoms with E-state index in [0.29, 0.717) is 13.0 Å². The van der Waals surface area contributed by atoms with Gasteiger partial charge in [0.15, 0.2) is 0 Å². The zero-order valence-corrected chi connectivity index (χ0v) is 13.3. The van der Waals surface area contributed by atoms with Crippen molar-refractivity contribution in [2.45, 2.75) is 58.7 Å². The Morgan fingerprint density at radius 1 is 1.30 bits per heavy atom. The zero-order chi connectivity index (χ0) is 14.9. The van der Waals surface area contributed by atoms with E-state index < -0.39 is 11.6 Å². The van der Waals surface area contributed by atoms with Crippen LogP contribution >= 0.6 is 11.3 Å². The van der Waals surface area contributed by atoms with Gasteiger partial charge in [-0.1, -0.05) is 13.8 Å². The van der Waals surface area contributed by atoms with E-state index in [9.17, 15) is 9.59 Å². The second kappa shape index (κ2) is 5.56. The molecule has 110 valence electrons. The summed E-state index contributed by atoms with van der Waals surface area (Å²) in [5.41, 5.74) is -0.769. The van der Waals surface area contributed by atoms with E-state index in [1.165, 1.54) is 4.88 Å². The van der Waals surface area contributed by atoms with Gasteiger partial charge in [-0.25, -0.2) is 0 Å². The smallest absolute Gasteiger partial charge is 0.249 e. The summed E-state index contributed by atoms with van der Waals surface area (Å²) in [4.78, 5) is 28.8. The molecule has 2 rings (SSSR count). The van der Waals surface area contributed by atoms with E-state index in [2.05, 4.69) is 24.4 Å². The third-order valence-electron chi connectivity index (χ3n) is 4.08. The molecule has 0 radical (unpaired) electrons. The van der Waals surface area contributed by atoms with Gasteiger partial charge in [0, 0.05) is 9.75 Å². The van der Waals surface area contributed by atoms with E-state index in [0.717, 1.165) is 11.3 Å². The van der Waals surface area contributed by atoms with Crippen molar-refractivity contribution in [3.05, 3.63) is 21.9 Å². The first-order valence-corrected chi connectivity index (χ1v) is 7.93. The predicted octanol–water partition coefficient (Wildman–Crippen LogP) is 2.33. The van der Waals surface area contributed by atoms with Crippen molar-refractivity contribution in [2.24, 2.45) is 0 Å². The number of aryl methyl sites for hydroxylation is 1. The summed E-state index contributed by atoms with van der Waals surface area (Å²) in [6.45, 7) is 8.15. The molecule has 2 unspecified atom stereocenters. The summed E-state index contributed by atoms with van der Waals surface area (Å²) < 4.78 is 0. The fourth-order valence-electron chi connectivity index (χ4n) is 2.38. The first-order chi connectivity index (χ1) is 9.41. The van der Waals surface area contributed by atoms with Crippen molar-refractivity contribution >= 4 is 23.2 Å². The second-order valence-electron chi connectivity index (χ2n) is 5.51. The second-order valence-corrected chi connectivity index (χ2v) is 6.76. The average Bonchev–Trinajstić information content (AvgIpc) is 2.89. The molecule has 1 saturated heterocycles. The number of nitrogens with one attached hydrogen (secondary N) is 1. The van der Waals surface area contributed by atoms with Crippen molar-refractivity contribution in [3.63, 3.8) is 0 Å². The Hall–Kier alpha value is -1.36. The number of nitrogens with zero attached hydrogens (tertiary/aromatic N) is 1. The minimum atomic E-state index is -0.769. The normalized spacial score (nSPS) is 26.8. The van der Waals surface area contributed by atoms with Gasteiger partial charge in [-0.2, -0.15) is 0 Å². The van der Waals surface area contributed by atoms with Gasteiger partial charge < -0.3 is 10.2 Å². The molecule has 1 N–H and O–H groups in total. The fraction of sp³-hybridized carbons (Fsp3) is 0.600. The lowest BCUT2D eigenvalue weighted by Crippen LogP contribution is -2.67. The van der Waals surface area contributed by atoms with E-state index in [1.54, 1.807) is 30.1 Å². The van der Waals surface area contributed by atoms with Crippen LogP contribution in [0.5, 0.6) is 0 Å².